The number of aromatic nitrogens is 5. The van der Waals surface area contributed by atoms with Crippen molar-refractivity contribution >= 4 is 5.52 Å². The maximum absolute atomic E-state index is 12.7. The van der Waals surface area contributed by atoms with Crippen molar-refractivity contribution in [1.29, 1.82) is 0 Å². The Morgan fingerprint density at radius 2 is 2.08 bits per heavy atom. The Kier molecular flexibility index (Phi) is 4.78. The summed E-state index contributed by atoms with van der Waals surface area (Å²) in [5, 5.41) is 8.18. The number of hydrogen-bond donors (Lipinski definition) is 0. The molecule has 3 aromatic heterocycles. The van der Waals surface area contributed by atoms with E-state index in [1.807, 2.05) is 13.0 Å². The zero-order chi connectivity index (χ0) is 17.1. The number of aryl methyl sites for hydroxylation is 3. The fourth-order valence-electron chi connectivity index (χ4n) is 2.80. The largest absolute Gasteiger partial charge is 0.361 e. The zero-order valence-electron chi connectivity index (χ0n) is 14.4. The number of hydrogen-bond acceptors (Lipinski definition) is 5. The van der Waals surface area contributed by atoms with Crippen molar-refractivity contribution in [3.63, 3.8) is 0 Å². The first kappa shape index (κ1) is 16.4. The van der Waals surface area contributed by atoms with Crippen molar-refractivity contribution < 1.29 is 4.52 Å². The lowest BCUT2D eigenvalue weighted by molar-refractivity contribution is 0.374. The van der Waals surface area contributed by atoms with Gasteiger partial charge in [0.1, 0.15) is 18.4 Å². The fraction of sp³-hybridized carbons (Fsp3) is 0.529. The van der Waals surface area contributed by atoms with Crippen LogP contribution in [0.4, 0.5) is 0 Å². The van der Waals surface area contributed by atoms with Gasteiger partial charge in [-0.3, -0.25) is 9.36 Å². The molecule has 24 heavy (non-hydrogen) atoms. The predicted molar refractivity (Wildman–Crippen MR) is 90.0 cm³/mol. The van der Waals surface area contributed by atoms with Crippen LogP contribution in [0.15, 0.2) is 28.0 Å². The van der Waals surface area contributed by atoms with Gasteiger partial charge in [-0.25, -0.2) is 9.50 Å². The smallest absolute Gasteiger partial charge is 0.279 e. The van der Waals surface area contributed by atoms with E-state index in [0.717, 1.165) is 42.8 Å². The average Bonchev–Trinajstić information content (AvgIpc) is 3.12. The van der Waals surface area contributed by atoms with Crippen molar-refractivity contribution in [3.05, 3.63) is 46.2 Å². The summed E-state index contributed by atoms with van der Waals surface area (Å²) in [6.45, 7) is 6.78. The monoisotopic (exact) mass is 329 g/mol. The second kappa shape index (κ2) is 6.98. The van der Waals surface area contributed by atoms with E-state index in [4.69, 9.17) is 4.52 Å². The Hall–Kier alpha value is -2.44. The molecule has 7 nitrogen and oxygen atoms in total. The molecule has 0 bridgehead atoms. The molecule has 3 aromatic rings. The third-order valence-corrected chi connectivity index (χ3v) is 3.95. The van der Waals surface area contributed by atoms with Crippen LogP contribution in [-0.4, -0.2) is 24.3 Å². The first-order valence-corrected chi connectivity index (χ1v) is 8.38. The van der Waals surface area contributed by atoms with Gasteiger partial charge in [0, 0.05) is 19.0 Å². The Morgan fingerprint density at radius 1 is 1.25 bits per heavy atom. The van der Waals surface area contributed by atoms with Crippen molar-refractivity contribution in [3.8, 4) is 0 Å². The van der Waals surface area contributed by atoms with E-state index < -0.39 is 0 Å². The number of rotatable bonds is 7. The second-order valence-corrected chi connectivity index (χ2v) is 6.60. The highest BCUT2D eigenvalue weighted by molar-refractivity contribution is 5.49. The molecule has 0 aliphatic carbocycles. The Balaban J connectivity index is 1.68. The molecule has 7 heteroatoms. The highest BCUT2D eigenvalue weighted by atomic mass is 16.5. The van der Waals surface area contributed by atoms with Crippen molar-refractivity contribution in [1.82, 2.24) is 24.3 Å². The molecule has 0 saturated carbocycles. The van der Waals surface area contributed by atoms with Crippen LogP contribution in [0.1, 0.15) is 43.8 Å². The second-order valence-electron chi connectivity index (χ2n) is 6.60. The molecule has 0 amide bonds. The van der Waals surface area contributed by atoms with Gasteiger partial charge < -0.3 is 4.52 Å². The van der Waals surface area contributed by atoms with Crippen LogP contribution >= 0.6 is 0 Å². The summed E-state index contributed by atoms with van der Waals surface area (Å²) >= 11 is 0. The van der Waals surface area contributed by atoms with Gasteiger partial charge in [0.05, 0.1) is 11.4 Å². The minimum atomic E-state index is -0.0198. The predicted octanol–water partition coefficient (Wildman–Crippen LogP) is 2.41. The molecular formula is C17H23N5O2. The van der Waals surface area contributed by atoms with Crippen LogP contribution in [0.3, 0.4) is 0 Å². The summed E-state index contributed by atoms with van der Waals surface area (Å²) in [6, 6.07) is 1.95. The summed E-state index contributed by atoms with van der Waals surface area (Å²) in [7, 11) is 0. The maximum atomic E-state index is 12.7. The average molecular weight is 329 g/mol. The highest BCUT2D eigenvalue weighted by Crippen LogP contribution is 2.10. The SMILES string of the molecule is Cc1cc(CCCCn2cnn3cnc(CC(C)C)c3c2=O)on1. The van der Waals surface area contributed by atoms with E-state index in [9.17, 15) is 4.79 Å². The van der Waals surface area contributed by atoms with E-state index in [-0.39, 0.29) is 5.56 Å². The third kappa shape index (κ3) is 3.55. The minimum Gasteiger partial charge on any atom is -0.361 e. The summed E-state index contributed by atoms with van der Waals surface area (Å²) in [4.78, 5) is 17.0. The third-order valence-electron chi connectivity index (χ3n) is 3.95. The topological polar surface area (TPSA) is 78.2 Å². The van der Waals surface area contributed by atoms with Crippen LogP contribution in [-0.2, 0) is 19.4 Å². The van der Waals surface area contributed by atoms with Crippen molar-refractivity contribution in [2.45, 2.75) is 53.0 Å². The summed E-state index contributed by atoms with van der Waals surface area (Å²) in [5.41, 5.74) is 2.30. The van der Waals surface area contributed by atoms with Gasteiger partial charge in [0.2, 0.25) is 0 Å². The molecule has 0 aromatic carbocycles. The van der Waals surface area contributed by atoms with E-state index in [2.05, 4.69) is 29.1 Å². The quantitative estimate of drug-likeness (QED) is 0.622. The number of fused-ring (bicyclic) bond motifs is 1. The maximum Gasteiger partial charge on any atom is 0.279 e. The normalized spacial score (nSPS) is 11.7. The van der Waals surface area contributed by atoms with Crippen LogP contribution in [0.25, 0.3) is 5.52 Å². The van der Waals surface area contributed by atoms with Crippen LogP contribution < -0.4 is 5.56 Å². The number of unbranched alkanes of at least 4 members (excludes halogenated alkanes) is 1. The lowest BCUT2D eigenvalue weighted by Gasteiger charge is -2.06. The van der Waals surface area contributed by atoms with E-state index in [1.165, 1.54) is 0 Å². The van der Waals surface area contributed by atoms with Gasteiger partial charge in [0.25, 0.3) is 5.56 Å². The van der Waals surface area contributed by atoms with Crippen molar-refractivity contribution in [2.24, 2.45) is 5.92 Å². The first-order valence-electron chi connectivity index (χ1n) is 8.38. The molecule has 3 heterocycles. The molecule has 0 saturated heterocycles. The lowest BCUT2D eigenvalue weighted by atomic mass is 10.1. The molecule has 0 aliphatic rings. The molecule has 0 spiro atoms. The van der Waals surface area contributed by atoms with Gasteiger partial charge in [0.15, 0.2) is 5.52 Å². The minimum absolute atomic E-state index is 0.0198. The Morgan fingerprint density at radius 3 is 2.79 bits per heavy atom. The van der Waals surface area contributed by atoms with Gasteiger partial charge in [-0.05, 0) is 32.1 Å². The summed E-state index contributed by atoms with van der Waals surface area (Å²) < 4.78 is 8.45. The lowest BCUT2D eigenvalue weighted by Crippen LogP contribution is -2.23. The molecule has 0 unspecified atom stereocenters. The van der Waals surface area contributed by atoms with E-state index in [1.54, 1.807) is 21.7 Å². The first-order chi connectivity index (χ1) is 11.5. The molecule has 3 rings (SSSR count). The van der Waals surface area contributed by atoms with Gasteiger partial charge in [-0.2, -0.15) is 5.10 Å². The van der Waals surface area contributed by atoms with Gasteiger partial charge >= 0.3 is 0 Å². The molecule has 0 aliphatic heterocycles. The molecule has 0 radical (unpaired) electrons. The number of imidazole rings is 1. The fourth-order valence-corrected chi connectivity index (χ4v) is 2.80. The molecule has 0 fully saturated rings. The van der Waals surface area contributed by atoms with E-state index >= 15 is 0 Å². The summed E-state index contributed by atoms with van der Waals surface area (Å²) in [5.74, 6) is 1.34. The summed E-state index contributed by atoms with van der Waals surface area (Å²) in [6.07, 6.45) is 6.63. The van der Waals surface area contributed by atoms with Crippen LogP contribution in [0.2, 0.25) is 0 Å². The molecule has 128 valence electrons. The highest BCUT2D eigenvalue weighted by Gasteiger charge is 2.12. The van der Waals surface area contributed by atoms with Crippen molar-refractivity contribution in [2.75, 3.05) is 0 Å². The molecule has 0 N–H and O–H groups in total. The molecular weight excluding hydrogens is 306 g/mol. The standard InChI is InChI=1S/C17H23N5O2/c1-12(2)8-15-16-17(23)21(11-19-22(16)10-18-15)7-5-4-6-14-9-13(3)20-24-14/h9-12H,4-8H2,1-3H3. The van der Waals surface area contributed by atoms with E-state index in [0.29, 0.717) is 18.0 Å². The Bertz CT molecular complexity index is 875. The Labute approximate surface area is 140 Å². The number of nitrogens with zero attached hydrogens (tertiary/aromatic N) is 5. The molecule has 0 atom stereocenters. The van der Waals surface area contributed by atoms with Crippen LogP contribution in [0, 0.1) is 12.8 Å². The van der Waals surface area contributed by atoms with Gasteiger partial charge in [-0.1, -0.05) is 19.0 Å². The van der Waals surface area contributed by atoms with Crippen LogP contribution in [0.5, 0.6) is 0 Å². The zero-order valence-corrected chi connectivity index (χ0v) is 14.4. The van der Waals surface area contributed by atoms with Gasteiger partial charge in [-0.15, -0.1) is 0 Å².